The number of amides is 2. The zero-order valence-electron chi connectivity index (χ0n) is 18.9. The van der Waals surface area contributed by atoms with E-state index in [0.717, 1.165) is 41.6 Å². The molecule has 35 heavy (non-hydrogen) atoms. The summed E-state index contributed by atoms with van der Waals surface area (Å²) in [5, 5.41) is 10.7. The first-order valence-electron chi connectivity index (χ1n) is 11.5. The Morgan fingerprint density at radius 1 is 1.14 bits per heavy atom. The van der Waals surface area contributed by atoms with E-state index >= 15 is 0 Å². The van der Waals surface area contributed by atoms with Gasteiger partial charge in [0.25, 0.3) is 5.91 Å². The van der Waals surface area contributed by atoms with E-state index in [1.807, 2.05) is 12.1 Å². The van der Waals surface area contributed by atoms with Gasteiger partial charge in [-0.2, -0.15) is 5.10 Å². The maximum Gasteiger partial charge on any atom is 0.262 e. The van der Waals surface area contributed by atoms with Gasteiger partial charge in [0.15, 0.2) is 0 Å². The Morgan fingerprint density at radius 3 is 2.74 bits per heavy atom. The molecule has 0 radical (unpaired) electrons. The number of hydrogen-bond acceptors (Lipinski definition) is 7. The maximum atomic E-state index is 13.1. The Kier molecular flexibility index (Phi) is 7.01. The molecule has 1 atom stereocenters. The highest BCUT2D eigenvalue weighted by Gasteiger charge is 2.27. The van der Waals surface area contributed by atoms with E-state index in [1.165, 1.54) is 30.1 Å². The molecule has 4 heterocycles. The third kappa shape index (κ3) is 5.66. The maximum absolute atomic E-state index is 13.1. The van der Waals surface area contributed by atoms with Crippen LogP contribution in [0.4, 0.5) is 5.69 Å². The average molecular weight is 510 g/mol. The SMILES string of the molecule is O=C(N[C@@H](CC1CCCC1)C(=O)Nc1cncnc1)c1ccc(Cn2ncc3ncc(Cl)cc32)s1. The largest absolute Gasteiger partial charge is 0.340 e. The van der Waals surface area contributed by atoms with E-state index < -0.39 is 6.04 Å². The lowest BCUT2D eigenvalue weighted by molar-refractivity contribution is -0.118. The fourth-order valence-electron chi connectivity index (χ4n) is 4.42. The summed E-state index contributed by atoms with van der Waals surface area (Å²) in [7, 11) is 0. The molecule has 11 heteroatoms. The molecule has 0 saturated heterocycles. The van der Waals surface area contributed by atoms with E-state index in [9.17, 15) is 9.59 Å². The predicted molar refractivity (Wildman–Crippen MR) is 134 cm³/mol. The van der Waals surface area contributed by atoms with Crippen LogP contribution in [0.2, 0.25) is 5.02 Å². The first-order chi connectivity index (χ1) is 17.0. The average Bonchev–Trinajstić information content (AvgIpc) is 3.62. The van der Waals surface area contributed by atoms with Gasteiger partial charge in [-0.15, -0.1) is 11.3 Å². The minimum Gasteiger partial charge on any atom is -0.340 e. The molecule has 4 aromatic heterocycles. The number of nitrogens with zero attached hydrogens (tertiary/aromatic N) is 5. The van der Waals surface area contributed by atoms with Gasteiger partial charge in [0.05, 0.1) is 46.2 Å². The smallest absolute Gasteiger partial charge is 0.262 e. The van der Waals surface area contributed by atoms with Crippen LogP contribution in [-0.4, -0.2) is 42.6 Å². The molecule has 1 aliphatic rings. The number of halogens is 1. The summed E-state index contributed by atoms with van der Waals surface area (Å²) in [6.45, 7) is 0.490. The Bertz CT molecular complexity index is 1330. The second-order valence-corrected chi connectivity index (χ2v) is 10.3. The van der Waals surface area contributed by atoms with Crippen LogP contribution in [-0.2, 0) is 11.3 Å². The molecule has 180 valence electrons. The predicted octanol–water partition coefficient (Wildman–Crippen LogP) is 4.30. The highest BCUT2D eigenvalue weighted by Crippen LogP contribution is 2.29. The van der Waals surface area contributed by atoms with Crippen molar-refractivity contribution in [3.05, 3.63) is 64.1 Å². The number of rotatable bonds is 8. The van der Waals surface area contributed by atoms with Crippen LogP contribution in [0.25, 0.3) is 11.0 Å². The molecule has 5 rings (SSSR count). The number of hydrogen-bond donors (Lipinski definition) is 2. The number of nitrogens with one attached hydrogen (secondary N) is 2. The van der Waals surface area contributed by atoms with Crippen molar-refractivity contribution < 1.29 is 9.59 Å². The molecule has 0 spiro atoms. The highest BCUT2D eigenvalue weighted by atomic mass is 35.5. The quantitative estimate of drug-likeness (QED) is 0.366. The molecule has 1 saturated carbocycles. The third-order valence-electron chi connectivity index (χ3n) is 6.15. The number of pyridine rings is 1. The summed E-state index contributed by atoms with van der Waals surface area (Å²) in [4.78, 5) is 39.8. The van der Waals surface area contributed by atoms with Gasteiger partial charge in [-0.1, -0.05) is 37.3 Å². The molecule has 9 nitrogen and oxygen atoms in total. The standard InChI is InChI=1S/C24H24ClN7O2S/c25-16-8-21-20(28-9-16)12-29-32(21)13-18-5-6-22(35-18)24(34)31-19(7-15-3-1-2-4-15)23(33)30-17-10-26-14-27-11-17/h5-6,8-12,14-15,19H,1-4,7,13H2,(H,30,33)(H,31,34)/t19-/m0/s1. The monoisotopic (exact) mass is 509 g/mol. The van der Waals surface area contributed by atoms with Crippen LogP contribution in [0.1, 0.15) is 46.7 Å². The van der Waals surface area contributed by atoms with Crippen LogP contribution in [0, 0.1) is 5.92 Å². The second kappa shape index (κ2) is 10.5. The molecule has 1 fully saturated rings. The number of aromatic nitrogens is 5. The zero-order chi connectivity index (χ0) is 24.2. The van der Waals surface area contributed by atoms with Crippen LogP contribution in [0.5, 0.6) is 0 Å². The lowest BCUT2D eigenvalue weighted by atomic mass is 9.97. The van der Waals surface area contributed by atoms with Crippen molar-refractivity contribution in [1.29, 1.82) is 0 Å². The summed E-state index contributed by atoms with van der Waals surface area (Å²) in [6.07, 6.45) is 12.8. The van der Waals surface area contributed by atoms with Gasteiger partial charge in [-0.05, 0) is 30.5 Å². The number of carbonyl (C=O) groups is 2. The van der Waals surface area contributed by atoms with Gasteiger partial charge < -0.3 is 10.6 Å². The van der Waals surface area contributed by atoms with Gasteiger partial charge >= 0.3 is 0 Å². The van der Waals surface area contributed by atoms with Gasteiger partial charge in [-0.25, -0.2) is 9.97 Å². The van der Waals surface area contributed by atoms with Crippen LogP contribution in [0.15, 0.2) is 49.3 Å². The van der Waals surface area contributed by atoms with Gasteiger partial charge in [0, 0.05) is 11.1 Å². The molecular weight excluding hydrogens is 486 g/mol. The summed E-state index contributed by atoms with van der Waals surface area (Å²) >= 11 is 7.46. The van der Waals surface area contributed by atoms with Crippen molar-refractivity contribution in [2.75, 3.05) is 5.32 Å². The van der Waals surface area contributed by atoms with Crippen molar-refractivity contribution in [2.24, 2.45) is 5.92 Å². The zero-order valence-corrected chi connectivity index (χ0v) is 20.4. The normalized spacial score (nSPS) is 14.8. The van der Waals surface area contributed by atoms with Crippen molar-refractivity contribution in [3.8, 4) is 0 Å². The number of anilines is 1. The van der Waals surface area contributed by atoms with Gasteiger partial charge in [-0.3, -0.25) is 19.3 Å². The Balaban J connectivity index is 1.28. The lowest BCUT2D eigenvalue weighted by Gasteiger charge is -2.21. The first kappa shape index (κ1) is 23.4. The summed E-state index contributed by atoms with van der Waals surface area (Å²) in [5.41, 5.74) is 2.09. The number of carbonyl (C=O) groups excluding carboxylic acids is 2. The molecule has 2 amide bonds. The number of fused-ring (bicyclic) bond motifs is 1. The van der Waals surface area contributed by atoms with E-state index in [4.69, 9.17) is 11.6 Å². The molecule has 1 aliphatic carbocycles. The fourth-order valence-corrected chi connectivity index (χ4v) is 5.47. The third-order valence-corrected chi connectivity index (χ3v) is 7.42. The molecule has 0 unspecified atom stereocenters. The highest BCUT2D eigenvalue weighted by molar-refractivity contribution is 7.14. The van der Waals surface area contributed by atoms with Crippen LogP contribution >= 0.6 is 22.9 Å². The van der Waals surface area contributed by atoms with E-state index in [0.29, 0.717) is 34.5 Å². The summed E-state index contributed by atoms with van der Waals surface area (Å²) in [6, 6.07) is 4.86. The minimum absolute atomic E-state index is 0.260. The molecule has 0 aromatic carbocycles. The lowest BCUT2D eigenvalue weighted by Crippen LogP contribution is -2.44. The van der Waals surface area contributed by atoms with Gasteiger partial charge in [0.1, 0.15) is 17.9 Å². The molecular formula is C24H24ClN7O2S. The Labute approximate surface area is 211 Å². The fraction of sp³-hybridized carbons (Fsp3) is 0.333. The second-order valence-electron chi connectivity index (χ2n) is 8.65. The Morgan fingerprint density at radius 2 is 1.94 bits per heavy atom. The van der Waals surface area contributed by atoms with Crippen LogP contribution < -0.4 is 10.6 Å². The number of thiophene rings is 1. The molecule has 0 bridgehead atoms. The van der Waals surface area contributed by atoms with Crippen molar-refractivity contribution in [1.82, 2.24) is 30.0 Å². The van der Waals surface area contributed by atoms with E-state index in [2.05, 4.69) is 30.7 Å². The van der Waals surface area contributed by atoms with E-state index in [1.54, 1.807) is 23.1 Å². The Hall–Kier alpha value is -3.37. The van der Waals surface area contributed by atoms with Crippen molar-refractivity contribution in [3.63, 3.8) is 0 Å². The minimum atomic E-state index is -0.639. The van der Waals surface area contributed by atoms with Crippen molar-refractivity contribution >= 4 is 51.5 Å². The van der Waals surface area contributed by atoms with Crippen molar-refractivity contribution in [2.45, 2.75) is 44.7 Å². The molecule has 4 aromatic rings. The summed E-state index contributed by atoms with van der Waals surface area (Å²) in [5.74, 6) is -0.103. The summed E-state index contributed by atoms with van der Waals surface area (Å²) < 4.78 is 1.81. The van der Waals surface area contributed by atoms with Crippen LogP contribution in [0.3, 0.4) is 0 Å². The first-order valence-corrected chi connectivity index (χ1v) is 12.7. The molecule has 2 N–H and O–H groups in total. The van der Waals surface area contributed by atoms with E-state index in [-0.39, 0.29) is 11.8 Å². The topological polar surface area (TPSA) is 115 Å². The van der Waals surface area contributed by atoms with Gasteiger partial charge in [0.2, 0.25) is 5.91 Å². The molecule has 0 aliphatic heterocycles.